The minimum atomic E-state index is -5.79. The van der Waals surface area contributed by atoms with Crippen molar-refractivity contribution in [3.63, 3.8) is 0 Å². The molecule has 5 atom stereocenters. The minimum Gasteiger partial charge on any atom is -0.387 e. The average molecular weight is 442 g/mol. The predicted molar refractivity (Wildman–Crippen MR) is 104 cm³/mol. The third-order valence-corrected chi connectivity index (χ3v) is 7.05. The Kier molecular flexibility index (Phi) is 5.27. The molecule has 0 saturated carbocycles. The molecule has 5 rings (SSSR count). The van der Waals surface area contributed by atoms with Gasteiger partial charge in [0.1, 0.15) is 5.75 Å². The van der Waals surface area contributed by atoms with Crippen molar-refractivity contribution in [2.24, 2.45) is 11.8 Å². The largest absolute Gasteiger partial charge is 0.534 e. The van der Waals surface area contributed by atoms with Crippen LogP contribution in [0, 0.1) is 11.8 Å². The van der Waals surface area contributed by atoms with E-state index in [1.807, 2.05) is 6.08 Å². The topological polar surface area (TPSA) is 79.7 Å². The number of benzene rings is 1. The Morgan fingerprint density at radius 1 is 1.33 bits per heavy atom. The summed E-state index contributed by atoms with van der Waals surface area (Å²) in [5.41, 5.74) is -4.64. The molecule has 0 spiro atoms. The van der Waals surface area contributed by atoms with E-state index in [4.69, 9.17) is 0 Å². The molecule has 3 aliphatic rings. The standard InChI is InChI=1S/C20H21F3N2O4S/c1-2-12-11-25-8-6-13(12)9-18(25)19(26)15-5-7-24-17-4-3-14(10-16(15)17)29-30(27,28)20(21,22)23/h2-5,7,10,12-13,18-19,26H,1,6,8-9,11H2/t12?,13?,18?,19-/m1/s1. The molecule has 162 valence electrons. The van der Waals surface area contributed by atoms with Crippen molar-refractivity contribution in [1.29, 1.82) is 0 Å². The molecule has 6 nitrogen and oxygen atoms in total. The van der Waals surface area contributed by atoms with Crippen LogP contribution in [0.5, 0.6) is 5.75 Å². The zero-order valence-electron chi connectivity index (χ0n) is 15.9. The molecule has 0 radical (unpaired) electrons. The second-order valence-electron chi connectivity index (χ2n) is 7.75. The first-order chi connectivity index (χ1) is 14.1. The molecule has 30 heavy (non-hydrogen) atoms. The van der Waals surface area contributed by atoms with Crippen LogP contribution in [0.2, 0.25) is 0 Å². The molecule has 2 bridgehead atoms. The Bertz CT molecular complexity index is 1070. The number of nitrogens with zero attached hydrogens (tertiary/aromatic N) is 2. The zero-order chi connectivity index (χ0) is 21.7. The molecule has 1 aromatic heterocycles. The van der Waals surface area contributed by atoms with Crippen LogP contribution in [0.25, 0.3) is 10.9 Å². The lowest BCUT2D eigenvalue weighted by atomic mass is 9.73. The van der Waals surface area contributed by atoms with E-state index in [-0.39, 0.29) is 6.04 Å². The summed E-state index contributed by atoms with van der Waals surface area (Å²) in [6.07, 6.45) is 4.37. The van der Waals surface area contributed by atoms with Crippen LogP contribution >= 0.6 is 0 Å². The molecule has 3 saturated heterocycles. The van der Waals surface area contributed by atoms with Crippen molar-refractivity contribution in [2.75, 3.05) is 13.1 Å². The Labute approximate surface area is 172 Å². The van der Waals surface area contributed by atoms with Crippen LogP contribution in [0.15, 0.2) is 43.1 Å². The number of hydrogen-bond donors (Lipinski definition) is 1. The van der Waals surface area contributed by atoms with Gasteiger partial charge in [-0.25, -0.2) is 0 Å². The van der Waals surface area contributed by atoms with Gasteiger partial charge in [-0.3, -0.25) is 9.88 Å². The normalized spacial score (nSPS) is 27.7. The summed E-state index contributed by atoms with van der Waals surface area (Å²) in [7, 11) is -5.79. The van der Waals surface area contributed by atoms with Crippen LogP contribution < -0.4 is 4.18 Å². The molecule has 0 amide bonds. The number of aromatic nitrogens is 1. The maximum Gasteiger partial charge on any atom is 0.534 e. The molecule has 1 N–H and O–H groups in total. The van der Waals surface area contributed by atoms with Crippen molar-refractivity contribution in [1.82, 2.24) is 9.88 Å². The third-order valence-electron chi connectivity index (χ3n) is 6.07. The molecular formula is C20H21F3N2O4S. The van der Waals surface area contributed by atoms with E-state index in [0.29, 0.717) is 28.3 Å². The second-order valence-corrected chi connectivity index (χ2v) is 9.29. The highest BCUT2D eigenvalue weighted by atomic mass is 32.2. The molecule has 4 unspecified atom stereocenters. The lowest BCUT2D eigenvalue weighted by Crippen LogP contribution is -2.54. The van der Waals surface area contributed by atoms with Crippen LogP contribution in [-0.2, 0) is 10.1 Å². The van der Waals surface area contributed by atoms with E-state index in [9.17, 15) is 26.7 Å². The van der Waals surface area contributed by atoms with Gasteiger partial charge in [-0.2, -0.15) is 21.6 Å². The molecule has 1 aromatic carbocycles. The second kappa shape index (κ2) is 7.51. The van der Waals surface area contributed by atoms with Gasteiger partial charge < -0.3 is 9.29 Å². The number of aliphatic hydroxyl groups is 1. The van der Waals surface area contributed by atoms with E-state index in [1.165, 1.54) is 18.3 Å². The third kappa shape index (κ3) is 3.67. The van der Waals surface area contributed by atoms with Gasteiger partial charge in [-0.15, -0.1) is 6.58 Å². The highest BCUT2D eigenvalue weighted by Gasteiger charge is 2.48. The molecule has 4 heterocycles. The number of alkyl halides is 3. The number of pyridine rings is 1. The fraction of sp³-hybridized carbons (Fsp3) is 0.450. The summed E-state index contributed by atoms with van der Waals surface area (Å²) >= 11 is 0. The van der Waals surface area contributed by atoms with Gasteiger partial charge >= 0.3 is 15.6 Å². The number of rotatable bonds is 5. The summed E-state index contributed by atoms with van der Waals surface area (Å²) in [6, 6.07) is 5.11. The lowest BCUT2D eigenvalue weighted by molar-refractivity contribution is -0.0500. The first-order valence-electron chi connectivity index (χ1n) is 9.55. The van der Waals surface area contributed by atoms with E-state index < -0.39 is 27.5 Å². The molecule has 10 heteroatoms. The number of piperidine rings is 3. The van der Waals surface area contributed by atoms with Gasteiger partial charge in [0, 0.05) is 24.2 Å². The van der Waals surface area contributed by atoms with Crippen LogP contribution in [0.4, 0.5) is 13.2 Å². The SMILES string of the molecule is C=CC1CN2CCC1CC2[C@H](O)c1ccnc2ccc(OS(=O)(=O)C(F)(F)F)cc12. The van der Waals surface area contributed by atoms with Gasteiger partial charge in [0.2, 0.25) is 0 Å². The molecular weight excluding hydrogens is 421 g/mol. The molecule has 3 fully saturated rings. The summed E-state index contributed by atoms with van der Waals surface area (Å²) in [6.45, 7) is 5.55. The zero-order valence-corrected chi connectivity index (χ0v) is 16.7. The van der Waals surface area contributed by atoms with Crippen molar-refractivity contribution >= 4 is 21.0 Å². The maximum absolute atomic E-state index is 12.7. The van der Waals surface area contributed by atoms with E-state index in [1.54, 1.807) is 6.07 Å². The quantitative estimate of drug-likeness (QED) is 0.434. The van der Waals surface area contributed by atoms with Crippen molar-refractivity contribution in [3.05, 3.63) is 48.7 Å². The Balaban J connectivity index is 1.67. The molecule has 0 aliphatic carbocycles. The van der Waals surface area contributed by atoms with Crippen molar-refractivity contribution in [2.45, 2.75) is 30.5 Å². The smallest absolute Gasteiger partial charge is 0.387 e. The predicted octanol–water partition coefficient (Wildman–Crippen LogP) is 3.39. The van der Waals surface area contributed by atoms with Gasteiger partial charge in [0.05, 0.1) is 11.6 Å². The van der Waals surface area contributed by atoms with Gasteiger partial charge in [0.15, 0.2) is 0 Å². The number of aliphatic hydroxyl groups excluding tert-OH is 1. The van der Waals surface area contributed by atoms with Crippen molar-refractivity contribution < 1.29 is 30.9 Å². The Hall–Kier alpha value is -2.17. The molecule has 2 aromatic rings. The monoisotopic (exact) mass is 442 g/mol. The van der Waals surface area contributed by atoms with E-state index in [0.717, 1.165) is 32.0 Å². The summed E-state index contributed by atoms with van der Waals surface area (Å²) in [5, 5.41) is 11.5. The van der Waals surface area contributed by atoms with Gasteiger partial charge in [0.25, 0.3) is 0 Å². The summed E-state index contributed by atoms with van der Waals surface area (Å²) in [4.78, 5) is 6.37. The Morgan fingerprint density at radius 3 is 2.73 bits per heavy atom. The highest BCUT2D eigenvalue weighted by Crippen LogP contribution is 2.42. The van der Waals surface area contributed by atoms with E-state index in [2.05, 4.69) is 20.6 Å². The van der Waals surface area contributed by atoms with Crippen LogP contribution in [-0.4, -0.2) is 48.0 Å². The first-order valence-corrected chi connectivity index (χ1v) is 11.0. The van der Waals surface area contributed by atoms with E-state index >= 15 is 0 Å². The number of halogens is 3. The van der Waals surface area contributed by atoms with Gasteiger partial charge in [-0.1, -0.05) is 6.08 Å². The highest BCUT2D eigenvalue weighted by molar-refractivity contribution is 7.88. The fourth-order valence-electron chi connectivity index (χ4n) is 4.54. The summed E-state index contributed by atoms with van der Waals surface area (Å²) in [5.74, 6) is 0.318. The molecule has 3 aliphatic heterocycles. The van der Waals surface area contributed by atoms with Crippen LogP contribution in [0.1, 0.15) is 24.5 Å². The lowest BCUT2D eigenvalue weighted by Gasteiger charge is -2.50. The number of hydrogen-bond acceptors (Lipinski definition) is 6. The summed E-state index contributed by atoms with van der Waals surface area (Å²) < 4.78 is 64.9. The Morgan fingerprint density at radius 2 is 2.10 bits per heavy atom. The number of fused-ring (bicyclic) bond motifs is 4. The van der Waals surface area contributed by atoms with Crippen LogP contribution in [0.3, 0.4) is 0 Å². The minimum absolute atomic E-state index is 0.144. The average Bonchev–Trinajstić information content (AvgIpc) is 2.71. The maximum atomic E-state index is 12.7. The first kappa shape index (κ1) is 21.1. The van der Waals surface area contributed by atoms with Gasteiger partial charge in [-0.05, 0) is 61.1 Å². The van der Waals surface area contributed by atoms with Crippen molar-refractivity contribution in [3.8, 4) is 5.75 Å². The fourth-order valence-corrected chi connectivity index (χ4v) is 4.99.